The van der Waals surface area contributed by atoms with Gasteiger partial charge in [-0.2, -0.15) is 0 Å². The lowest BCUT2D eigenvalue weighted by Gasteiger charge is -2.44. The van der Waals surface area contributed by atoms with Crippen LogP contribution in [0.4, 0.5) is 4.39 Å². The molecular weight excluding hydrogens is 268 g/mol. The number of rotatable bonds is 1. The standard InChI is InChI=1S/C11H10Cl2FNO2/c1-11(17)4-15(5-11)10(16)6-2-9(14)8(13)3-7(6)12/h2-3,17H,4-5H2,1H3. The van der Waals surface area contributed by atoms with Crippen molar-refractivity contribution in [1.29, 1.82) is 0 Å². The molecule has 0 radical (unpaired) electrons. The van der Waals surface area contributed by atoms with Crippen molar-refractivity contribution in [3.05, 3.63) is 33.6 Å². The van der Waals surface area contributed by atoms with Crippen molar-refractivity contribution >= 4 is 29.1 Å². The Morgan fingerprint density at radius 2 is 2.00 bits per heavy atom. The van der Waals surface area contributed by atoms with E-state index in [0.717, 1.165) is 6.07 Å². The molecule has 17 heavy (non-hydrogen) atoms. The van der Waals surface area contributed by atoms with E-state index in [0.29, 0.717) is 0 Å². The molecule has 92 valence electrons. The first-order valence-electron chi connectivity index (χ1n) is 4.96. The van der Waals surface area contributed by atoms with Crippen LogP contribution >= 0.6 is 23.2 Å². The van der Waals surface area contributed by atoms with Crippen molar-refractivity contribution in [1.82, 2.24) is 4.90 Å². The lowest BCUT2D eigenvalue weighted by atomic mass is 9.96. The summed E-state index contributed by atoms with van der Waals surface area (Å²) in [7, 11) is 0. The zero-order chi connectivity index (χ0) is 12.8. The Labute approximate surface area is 108 Å². The number of carbonyl (C=O) groups excluding carboxylic acids is 1. The number of hydrogen-bond acceptors (Lipinski definition) is 2. The molecule has 2 rings (SSSR count). The molecule has 0 bridgehead atoms. The summed E-state index contributed by atoms with van der Waals surface area (Å²) in [6, 6.07) is 2.21. The lowest BCUT2D eigenvalue weighted by Crippen LogP contribution is -2.61. The van der Waals surface area contributed by atoms with Crippen molar-refractivity contribution in [2.45, 2.75) is 12.5 Å². The summed E-state index contributed by atoms with van der Waals surface area (Å²) in [6.45, 7) is 2.06. The molecular formula is C11H10Cl2FNO2. The molecule has 0 atom stereocenters. The molecule has 1 heterocycles. The van der Waals surface area contributed by atoms with Gasteiger partial charge in [0.1, 0.15) is 5.82 Å². The van der Waals surface area contributed by atoms with Gasteiger partial charge < -0.3 is 10.0 Å². The Morgan fingerprint density at radius 3 is 2.53 bits per heavy atom. The van der Waals surface area contributed by atoms with Gasteiger partial charge in [0.25, 0.3) is 5.91 Å². The van der Waals surface area contributed by atoms with E-state index < -0.39 is 17.3 Å². The maximum atomic E-state index is 13.2. The number of likely N-dealkylation sites (tertiary alicyclic amines) is 1. The number of carbonyl (C=O) groups is 1. The van der Waals surface area contributed by atoms with Crippen molar-refractivity contribution in [3.63, 3.8) is 0 Å². The number of amides is 1. The molecule has 1 aliphatic heterocycles. The summed E-state index contributed by atoms with van der Waals surface area (Å²) in [4.78, 5) is 13.3. The van der Waals surface area contributed by atoms with Crippen molar-refractivity contribution in [2.24, 2.45) is 0 Å². The van der Waals surface area contributed by atoms with Crippen LogP contribution in [0, 0.1) is 5.82 Å². The van der Waals surface area contributed by atoms with E-state index in [-0.39, 0.29) is 28.7 Å². The Kier molecular flexibility index (Phi) is 3.06. The highest BCUT2D eigenvalue weighted by atomic mass is 35.5. The Morgan fingerprint density at radius 1 is 1.41 bits per heavy atom. The minimum Gasteiger partial charge on any atom is -0.386 e. The van der Waals surface area contributed by atoms with Gasteiger partial charge in [0.2, 0.25) is 0 Å². The van der Waals surface area contributed by atoms with Gasteiger partial charge >= 0.3 is 0 Å². The summed E-state index contributed by atoms with van der Waals surface area (Å²) in [5.74, 6) is -1.09. The summed E-state index contributed by atoms with van der Waals surface area (Å²) in [5, 5.41) is 9.51. The quantitative estimate of drug-likeness (QED) is 0.801. The molecule has 0 saturated carbocycles. The number of hydrogen-bond donors (Lipinski definition) is 1. The minimum atomic E-state index is -0.868. The maximum absolute atomic E-state index is 13.2. The molecule has 1 N–H and O–H groups in total. The largest absolute Gasteiger partial charge is 0.386 e. The first kappa shape index (κ1) is 12.6. The van der Waals surface area contributed by atoms with Crippen LogP contribution in [-0.2, 0) is 0 Å². The third-order valence-electron chi connectivity index (χ3n) is 2.59. The fourth-order valence-electron chi connectivity index (χ4n) is 1.78. The van der Waals surface area contributed by atoms with E-state index in [1.807, 2.05) is 0 Å². The molecule has 0 unspecified atom stereocenters. The fraction of sp³-hybridized carbons (Fsp3) is 0.364. The first-order chi connectivity index (χ1) is 7.80. The van der Waals surface area contributed by atoms with Gasteiger partial charge in [0.05, 0.1) is 34.3 Å². The number of halogens is 3. The highest BCUT2D eigenvalue weighted by Crippen LogP contribution is 2.28. The predicted octanol–water partition coefficient (Wildman–Crippen LogP) is 2.34. The number of β-amino-alcohol motifs (C(OH)–C–C–N with tert-alkyl or cyclic N) is 1. The van der Waals surface area contributed by atoms with Crippen LogP contribution in [0.2, 0.25) is 10.0 Å². The van der Waals surface area contributed by atoms with Crippen LogP contribution in [-0.4, -0.2) is 34.6 Å². The van der Waals surface area contributed by atoms with Gasteiger partial charge in [-0.3, -0.25) is 4.79 Å². The van der Waals surface area contributed by atoms with Gasteiger partial charge in [0, 0.05) is 0 Å². The molecule has 0 aliphatic carbocycles. The van der Waals surface area contributed by atoms with Crippen LogP contribution < -0.4 is 0 Å². The Hall–Kier alpha value is -0.840. The van der Waals surface area contributed by atoms with Gasteiger partial charge in [-0.15, -0.1) is 0 Å². The first-order valence-corrected chi connectivity index (χ1v) is 5.72. The molecule has 1 aliphatic rings. The molecule has 3 nitrogen and oxygen atoms in total. The Bertz CT molecular complexity index is 483. The molecule has 0 aromatic heterocycles. The molecule has 1 amide bonds. The highest BCUT2D eigenvalue weighted by molar-refractivity contribution is 6.36. The van der Waals surface area contributed by atoms with E-state index in [1.54, 1.807) is 6.92 Å². The fourth-order valence-corrected chi connectivity index (χ4v) is 2.24. The normalized spacial score (nSPS) is 17.8. The number of benzene rings is 1. The van der Waals surface area contributed by atoms with E-state index in [1.165, 1.54) is 11.0 Å². The molecule has 1 saturated heterocycles. The van der Waals surface area contributed by atoms with E-state index in [2.05, 4.69) is 0 Å². The third kappa shape index (κ3) is 2.39. The average Bonchev–Trinajstić information content (AvgIpc) is 2.19. The van der Waals surface area contributed by atoms with Crippen molar-refractivity contribution in [3.8, 4) is 0 Å². The monoisotopic (exact) mass is 277 g/mol. The van der Waals surface area contributed by atoms with Crippen LogP contribution in [0.1, 0.15) is 17.3 Å². The lowest BCUT2D eigenvalue weighted by molar-refractivity contribution is -0.0668. The zero-order valence-corrected chi connectivity index (χ0v) is 10.5. The van der Waals surface area contributed by atoms with Crippen LogP contribution in [0.25, 0.3) is 0 Å². The second-order valence-corrected chi connectivity index (χ2v) is 5.22. The van der Waals surface area contributed by atoms with Crippen LogP contribution in [0.3, 0.4) is 0 Å². The Balaban J connectivity index is 2.24. The molecule has 6 heteroatoms. The third-order valence-corrected chi connectivity index (χ3v) is 3.19. The van der Waals surface area contributed by atoms with Crippen molar-refractivity contribution < 1.29 is 14.3 Å². The summed E-state index contributed by atoms with van der Waals surface area (Å²) < 4.78 is 13.2. The summed E-state index contributed by atoms with van der Waals surface area (Å²) in [6.07, 6.45) is 0. The van der Waals surface area contributed by atoms with Crippen LogP contribution in [0.5, 0.6) is 0 Å². The second-order valence-electron chi connectivity index (χ2n) is 4.40. The second kappa shape index (κ2) is 4.12. The summed E-state index contributed by atoms with van der Waals surface area (Å²) >= 11 is 11.4. The summed E-state index contributed by atoms with van der Waals surface area (Å²) in [5.41, 5.74) is -0.809. The van der Waals surface area contributed by atoms with E-state index >= 15 is 0 Å². The molecule has 1 aromatic carbocycles. The zero-order valence-electron chi connectivity index (χ0n) is 9.01. The van der Waals surface area contributed by atoms with Crippen LogP contribution in [0.15, 0.2) is 12.1 Å². The van der Waals surface area contributed by atoms with Gasteiger partial charge in [-0.05, 0) is 19.1 Å². The van der Waals surface area contributed by atoms with Gasteiger partial charge in [-0.25, -0.2) is 4.39 Å². The van der Waals surface area contributed by atoms with Gasteiger partial charge in [-0.1, -0.05) is 23.2 Å². The molecule has 0 spiro atoms. The topological polar surface area (TPSA) is 40.5 Å². The smallest absolute Gasteiger partial charge is 0.255 e. The maximum Gasteiger partial charge on any atom is 0.255 e. The van der Waals surface area contributed by atoms with E-state index in [4.69, 9.17) is 23.2 Å². The predicted molar refractivity (Wildman–Crippen MR) is 62.9 cm³/mol. The average molecular weight is 278 g/mol. The van der Waals surface area contributed by atoms with Gasteiger partial charge in [0.15, 0.2) is 0 Å². The highest BCUT2D eigenvalue weighted by Gasteiger charge is 2.40. The molecule has 1 aromatic rings. The minimum absolute atomic E-state index is 0.0593. The van der Waals surface area contributed by atoms with Crippen molar-refractivity contribution in [2.75, 3.05) is 13.1 Å². The number of aliphatic hydroxyl groups is 1. The SMILES string of the molecule is CC1(O)CN(C(=O)c2cc(F)c(Cl)cc2Cl)C1. The van der Waals surface area contributed by atoms with E-state index in [9.17, 15) is 14.3 Å². The number of nitrogens with zero attached hydrogens (tertiary/aromatic N) is 1. The molecule has 1 fully saturated rings.